The monoisotopic (exact) mass is 304 g/mol. The summed E-state index contributed by atoms with van der Waals surface area (Å²) in [6, 6.07) is 5.89. The SMILES string of the molecule is CN1CCO[C@@H](CNCc2csc(-c3ccccn3)n2)C1. The standard InChI is InChI=1S/C15H20N4OS/c1-19-6-7-20-13(10-19)9-16-8-12-11-21-15(18-12)14-4-2-3-5-17-14/h2-5,11,13,16H,6-10H2,1H3/t13-/m0/s1. The first-order valence-corrected chi connectivity index (χ1v) is 8.06. The fourth-order valence-corrected chi connectivity index (χ4v) is 3.14. The van der Waals surface area contributed by atoms with Crippen molar-refractivity contribution >= 4 is 11.3 Å². The number of thiazole rings is 1. The molecular weight excluding hydrogens is 284 g/mol. The summed E-state index contributed by atoms with van der Waals surface area (Å²) in [5.41, 5.74) is 2.00. The predicted octanol–water partition coefficient (Wildman–Crippen LogP) is 1.63. The van der Waals surface area contributed by atoms with Crippen LogP contribution in [0.2, 0.25) is 0 Å². The summed E-state index contributed by atoms with van der Waals surface area (Å²) in [5, 5.41) is 6.49. The van der Waals surface area contributed by atoms with E-state index in [-0.39, 0.29) is 6.10 Å². The third kappa shape index (κ3) is 4.07. The summed E-state index contributed by atoms with van der Waals surface area (Å²) in [6.07, 6.45) is 2.07. The number of hydrogen-bond acceptors (Lipinski definition) is 6. The Balaban J connectivity index is 1.49. The quantitative estimate of drug-likeness (QED) is 0.910. The highest BCUT2D eigenvalue weighted by molar-refractivity contribution is 7.13. The van der Waals surface area contributed by atoms with Gasteiger partial charge in [-0.15, -0.1) is 11.3 Å². The van der Waals surface area contributed by atoms with E-state index in [1.165, 1.54) is 0 Å². The molecule has 1 N–H and O–H groups in total. The van der Waals surface area contributed by atoms with Crippen molar-refractivity contribution in [2.24, 2.45) is 0 Å². The second-order valence-electron chi connectivity index (χ2n) is 5.24. The van der Waals surface area contributed by atoms with Gasteiger partial charge in [0.05, 0.1) is 24.1 Å². The number of rotatable bonds is 5. The first kappa shape index (κ1) is 14.6. The van der Waals surface area contributed by atoms with Crippen molar-refractivity contribution in [3.63, 3.8) is 0 Å². The maximum Gasteiger partial charge on any atom is 0.142 e. The van der Waals surface area contributed by atoms with E-state index < -0.39 is 0 Å². The molecule has 0 aliphatic carbocycles. The highest BCUT2D eigenvalue weighted by atomic mass is 32.1. The van der Waals surface area contributed by atoms with Gasteiger partial charge in [0.25, 0.3) is 0 Å². The van der Waals surface area contributed by atoms with Crippen molar-refractivity contribution in [3.05, 3.63) is 35.5 Å². The molecule has 2 aromatic rings. The molecular formula is C15H20N4OS. The highest BCUT2D eigenvalue weighted by Crippen LogP contribution is 2.21. The molecule has 1 atom stereocenters. The molecule has 21 heavy (non-hydrogen) atoms. The smallest absolute Gasteiger partial charge is 0.142 e. The highest BCUT2D eigenvalue weighted by Gasteiger charge is 2.17. The number of nitrogens with zero attached hydrogens (tertiary/aromatic N) is 3. The summed E-state index contributed by atoms with van der Waals surface area (Å²) in [7, 11) is 2.13. The summed E-state index contributed by atoms with van der Waals surface area (Å²) >= 11 is 1.64. The minimum Gasteiger partial charge on any atom is -0.374 e. The van der Waals surface area contributed by atoms with Gasteiger partial charge in [-0.1, -0.05) is 6.07 Å². The third-order valence-electron chi connectivity index (χ3n) is 3.46. The first-order valence-electron chi connectivity index (χ1n) is 7.18. The van der Waals surface area contributed by atoms with Crippen molar-refractivity contribution in [2.45, 2.75) is 12.6 Å². The molecule has 1 saturated heterocycles. The van der Waals surface area contributed by atoms with E-state index in [0.717, 1.165) is 49.2 Å². The second kappa shape index (κ2) is 7.09. The Kier molecular flexibility index (Phi) is 4.92. The number of aromatic nitrogens is 2. The van der Waals surface area contributed by atoms with Gasteiger partial charge in [0.2, 0.25) is 0 Å². The molecule has 112 valence electrons. The number of nitrogens with one attached hydrogen (secondary N) is 1. The lowest BCUT2D eigenvalue weighted by atomic mass is 10.3. The molecule has 0 spiro atoms. The fraction of sp³-hybridized carbons (Fsp3) is 0.467. The zero-order valence-electron chi connectivity index (χ0n) is 12.2. The van der Waals surface area contributed by atoms with Gasteiger partial charge in [-0.3, -0.25) is 4.98 Å². The van der Waals surface area contributed by atoms with Gasteiger partial charge in [-0.2, -0.15) is 0 Å². The lowest BCUT2D eigenvalue weighted by molar-refractivity contribution is -0.0182. The Hall–Kier alpha value is -1.34. The number of pyridine rings is 1. The van der Waals surface area contributed by atoms with E-state index in [9.17, 15) is 0 Å². The summed E-state index contributed by atoms with van der Waals surface area (Å²) in [4.78, 5) is 11.3. The van der Waals surface area contributed by atoms with Crippen LogP contribution in [0.25, 0.3) is 10.7 Å². The molecule has 1 aliphatic heterocycles. The lowest BCUT2D eigenvalue weighted by Gasteiger charge is -2.30. The van der Waals surface area contributed by atoms with Crippen LogP contribution in [0.3, 0.4) is 0 Å². The Labute approximate surface area is 129 Å². The third-order valence-corrected chi connectivity index (χ3v) is 4.37. The minimum atomic E-state index is 0.276. The minimum absolute atomic E-state index is 0.276. The normalized spacial score (nSPS) is 19.8. The molecule has 5 nitrogen and oxygen atoms in total. The molecule has 0 unspecified atom stereocenters. The Morgan fingerprint density at radius 3 is 3.24 bits per heavy atom. The Bertz CT molecular complexity index is 560. The predicted molar refractivity (Wildman–Crippen MR) is 84.3 cm³/mol. The average molecular weight is 304 g/mol. The fourth-order valence-electron chi connectivity index (χ4n) is 2.35. The Morgan fingerprint density at radius 1 is 1.48 bits per heavy atom. The van der Waals surface area contributed by atoms with Crippen LogP contribution < -0.4 is 5.32 Å². The van der Waals surface area contributed by atoms with Crippen LogP contribution in [-0.2, 0) is 11.3 Å². The molecule has 6 heteroatoms. The Morgan fingerprint density at radius 2 is 2.43 bits per heavy atom. The molecule has 0 radical (unpaired) electrons. The van der Waals surface area contributed by atoms with E-state index in [2.05, 4.69) is 32.6 Å². The molecule has 2 aromatic heterocycles. The maximum absolute atomic E-state index is 5.73. The number of ether oxygens (including phenoxy) is 1. The van der Waals surface area contributed by atoms with Crippen LogP contribution >= 0.6 is 11.3 Å². The van der Waals surface area contributed by atoms with E-state index in [0.29, 0.717) is 0 Å². The van der Waals surface area contributed by atoms with Gasteiger partial charge < -0.3 is 15.0 Å². The van der Waals surface area contributed by atoms with Crippen LogP contribution in [0.15, 0.2) is 29.8 Å². The summed E-state index contributed by atoms with van der Waals surface area (Å²) < 4.78 is 5.73. The summed E-state index contributed by atoms with van der Waals surface area (Å²) in [6.45, 7) is 4.47. The first-order chi connectivity index (χ1) is 10.3. The van der Waals surface area contributed by atoms with Gasteiger partial charge in [0.1, 0.15) is 5.01 Å². The van der Waals surface area contributed by atoms with Crippen molar-refractivity contribution in [1.82, 2.24) is 20.2 Å². The average Bonchev–Trinajstić information content (AvgIpc) is 2.97. The number of morpholine rings is 1. The van der Waals surface area contributed by atoms with E-state index >= 15 is 0 Å². The van der Waals surface area contributed by atoms with Crippen molar-refractivity contribution in [2.75, 3.05) is 33.3 Å². The molecule has 1 fully saturated rings. The van der Waals surface area contributed by atoms with Crippen LogP contribution in [0.5, 0.6) is 0 Å². The van der Waals surface area contributed by atoms with Crippen LogP contribution in [0.1, 0.15) is 5.69 Å². The van der Waals surface area contributed by atoms with Crippen LogP contribution in [0.4, 0.5) is 0 Å². The van der Waals surface area contributed by atoms with E-state index in [1.54, 1.807) is 17.5 Å². The molecule has 3 heterocycles. The maximum atomic E-state index is 5.73. The van der Waals surface area contributed by atoms with Crippen molar-refractivity contribution in [1.29, 1.82) is 0 Å². The number of likely N-dealkylation sites (N-methyl/N-ethyl adjacent to an activating group) is 1. The molecule has 3 rings (SSSR count). The molecule has 0 amide bonds. The number of hydrogen-bond donors (Lipinski definition) is 1. The zero-order chi connectivity index (χ0) is 14.5. The van der Waals surface area contributed by atoms with Crippen molar-refractivity contribution < 1.29 is 4.74 Å². The second-order valence-corrected chi connectivity index (χ2v) is 6.10. The zero-order valence-corrected chi connectivity index (χ0v) is 13.0. The molecule has 1 aliphatic rings. The largest absolute Gasteiger partial charge is 0.374 e. The van der Waals surface area contributed by atoms with E-state index in [1.807, 2.05) is 18.2 Å². The van der Waals surface area contributed by atoms with Gasteiger partial charge in [0.15, 0.2) is 0 Å². The van der Waals surface area contributed by atoms with Crippen molar-refractivity contribution in [3.8, 4) is 10.7 Å². The molecule has 0 saturated carbocycles. The molecule has 0 bridgehead atoms. The van der Waals surface area contributed by atoms with Crippen LogP contribution in [-0.4, -0.2) is 54.3 Å². The van der Waals surface area contributed by atoms with E-state index in [4.69, 9.17) is 4.74 Å². The molecule has 0 aromatic carbocycles. The van der Waals surface area contributed by atoms with Gasteiger partial charge in [-0.05, 0) is 19.2 Å². The topological polar surface area (TPSA) is 50.3 Å². The van der Waals surface area contributed by atoms with Gasteiger partial charge in [-0.25, -0.2) is 4.98 Å². The van der Waals surface area contributed by atoms with Gasteiger partial charge >= 0.3 is 0 Å². The van der Waals surface area contributed by atoms with Gasteiger partial charge in [0, 0.05) is 37.8 Å². The lowest BCUT2D eigenvalue weighted by Crippen LogP contribution is -2.44. The summed E-state index contributed by atoms with van der Waals surface area (Å²) in [5.74, 6) is 0. The van der Waals surface area contributed by atoms with Crippen LogP contribution in [0, 0.1) is 0 Å².